The second kappa shape index (κ2) is 7.12. The molecule has 0 atom stereocenters. The maximum atomic E-state index is 5.63. The lowest BCUT2D eigenvalue weighted by Crippen LogP contribution is -3.14. The van der Waals surface area contributed by atoms with Crippen molar-refractivity contribution in [3.8, 4) is 11.5 Å². The van der Waals surface area contributed by atoms with Gasteiger partial charge in [0, 0.05) is 18.5 Å². The Morgan fingerprint density at radius 1 is 1.20 bits per heavy atom. The Morgan fingerprint density at radius 2 is 2.08 bits per heavy atom. The third kappa shape index (κ3) is 3.59. The summed E-state index contributed by atoms with van der Waals surface area (Å²) in [4.78, 5) is 11.6. The van der Waals surface area contributed by atoms with Crippen LogP contribution < -0.4 is 14.8 Å². The zero-order valence-corrected chi connectivity index (χ0v) is 14.6. The van der Waals surface area contributed by atoms with Crippen LogP contribution in [0.4, 0.5) is 5.82 Å². The number of hydrogen-bond donors (Lipinski definition) is 1. The van der Waals surface area contributed by atoms with E-state index < -0.39 is 0 Å². The summed E-state index contributed by atoms with van der Waals surface area (Å²) in [5, 5.41) is 4.52. The number of aromatic nitrogens is 4. The Balaban J connectivity index is 1.41. The van der Waals surface area contributed by atoms with Gasteiger partial charge in [-0.05, 0) is 30.4 Å². The number of hydrogen-bond acceptors (Lipinski definition) is 5. The van der Waals surface area contributed by atoms with Crippen LogP contribution in [0.2, 0.25) is 0 Å². The molecular formula is C17H20N6OS+2. The van der Waals surface area contributed by atoms with E-state index in [1.165, 1.54) is 10.7 Å². The van der Waals surface area contributed by atoms with Gasteiger partial charge in [-0.15, -0.1) is 5.10 Å². The molecule has 0 bridgehead atoms. The molecule has 0 aliphatic carbocycles. The number of pyridine rings is 2. The van der Waals surface area contributed by atoms with Crippen LogP contribution in [0.25, 0.3) is 11.5 Å². The number of H-pyrrole nitrogens is 1. The topological polar surface area (TPSA) is 65.7 Å². The Morgan fingerprint density at radius 3 is 2.80 bits per heavy atom. The summed E-state index contributed by atoms with van der Waals surface area (Å²) in [6, 6.07) is 9.94. The first-order valence-corrected chi connectivity index (χ1v) is 8.74. The Labute approximate surface area is 150 Å². The molecule has 1 saturated heterocycles. The average molecular weight is 356 g/mol. The normalized spacial score (nSPS) is 15.4. The van der Waals surface area contributed by atoms with Gasteiger partial charge in [-0.1, -0.05) is 6.07 Å². The second-order valence-electron chi connectivity index (χ2n) is 6.06. The van der Waals surface area contributed by atoms with E-state index >= 15 is 0 Å². The molecule has 1 aliphatic rings. The van der Waals surface area contributed by atoms with E-state index in [0.717, 1.165) is 38.4 Å². The first kappa shape index (κ1) is 15.9. The maximum Gasteiger partial charge on any atom is 0.292 e. The SMILES string of the molecule is S=c1oc(-c2cccnc2)nn1C[NH+]1CCN(c2cccc[nH+]2)CC1. The van der Waals surface area contributed by atoms with Crippen LogP contribution in [0.5, 0.6) is 0 Å². The highest BCUT2D eigenvalue weighted by Crippen LogP contribution is 2.15. The van der Waals surface area contributed by atoms with Crippen molar-refractivity contribution in [2.24, 2.45) is 0 Å². The molecule has 25 heavy (non-hydrogen) atoms. The van der Waals surface area contributed by atoms with Crippen LogP contribution in [0.15, 0.2) is 53.3 Å². The lowest BCUT2D eigenvalue weighted by molar-refractivity contribution is -0.924. The minimum atomic E-state index is 0.408. The van der Waals surface area contributed by atoms with Crippen LogP contribution >= 0.6 is 12.2 Å². The van der Waals surface area contributed by atoms with Crippen molar-refractivity contribution in [1.29, 1.82) is 0 Å². The molecule has 0 spiro atoms. The van der Waals surface area contributed by atoms with Crippen LogP contribution in [0, 0.1) is 4.84 Å². The van der Waals surface area contributed by atoms with Gasteiger partial charge in [0.1, 0.15) is 26.2 Å². The smallest absolute Gasteiger partial charge is 0.292 e. The number of quaternary nitrogens is 1. The van der Waals surface area contributed by atoms with Crippen molar-refractivity contribution in [3.05, 3.63) is 53.8 Å². The zero-order chi connectivity index (χ0) is 17.1. The lowest BCUT2D eigenvalue weighted by Gasteiger charge is -2.27. The molecular weight excluding hydrogens is 336 g/mol. The van der Waals surface area contributed by atoms with E-state index in [0.29, 0.717) is 10.7 Å². The number of piperazine rings is 1. The molecule has 0 amide bonds. The molecule has 3 aromatic heterocycles. The highest BCUT2D eigenvalue weighted by atomic mass is 32.1. The lowest BCUT2D eigenvalue weighted by atomic mass is 10.3. The molecule has 1 fully saturated rings. The highest BCUT2D eigenvalue weighted by molar-refractivity contribution is 7.71. The summed E-state index contributed by atoms with van der Waals surface area (Å²) >= 11 is 5.33. The largest absolute Gasteiger partial charge is 0.409 e. The summed E-state index contributed by atoms with van der Waals surface area (Å²) in [6.45, 7) is 4.76. The fourth-order valence-corrected chi connectivity index (χ4v) is 3.21. The van der Waals surface area contributed by atoms with Crippen molar-refractivity contribution >= 4 is 18.0 Å². The van der Waals surface area contributed by atoms with Crippen molar-refractivity contribution in [2.75, 3.05) is 31.1 Å². The van der Waals surface area contributed by atoms with Gasteiger partial charge in [-0.2, -0.15) is 4.68 Å². The molecule has 4 rings (SSSR count). The van der Waals surface area contributed by atoms with E-state index in [4.69, 9.17) is 16.6 Å². The Kier molecular flexibility index (Phi) is 4.53. The quantitative estimate of drug-likeness (QED) is 0.688. The van der Waals surface area contributed by atoms with Crippen LogP contribution in [-0.4, -0.2) is 40.9 Å². The van der Waals surface area contributed by atoms with Gasteiger partial charge >= 0.3 is 0 Å². The molecule has 2 N–H and O–H groups in total. The number of nitrogens with zero attached hydrogens (tertiary/aromatic N) is 4. The minimum absolute atomic E-state index is 0.408. The van der Waals surface area contributed by atoms with Crippen molar-refractivity contribution in [3.63, 3.8) is 0 Å². The average Bonchev–Trinajstić information content (AvgIpc) is 3.04. The van der Waals surface area contributed by atoms with Crippen molar-refractivity contribution < 1.29 is 14.3 Å². The second-order valence-corrected chi connectivity index (χ2v) is 6.41. The molecule has 1 aliphatic heterocycles. The van der Waals surface area contributed by atoms with Crippen LogP contribution in [0.1, 0.15) is 0 Å². The number of anilines is 1. The molecule has 8 heteroatoms. The third-order valence-electron chi connectivity index (χ3n) is 4.39. The number of aromatic amines is 1. The monoisotopic (exact) mass is 356 g/mol. The van der Waals surface area contributed by atoms with Gasteiger partial charge in [-0.3, -0.25) is 9.88 Å². The predicted octanol–water partition coefficient (Wildman–Crippen LogP) is 0.444. The summed E-state index contributed by atoms with van der Waals surface area (Å²) in [5.41, 5.74) is 0.840. The number of nitrogens with one attached hydrogen (secondary N) is 2. The third-order valence-corrected chi connectivity index (χ3v) is 4.69. The molecule has 4 heterocycles. The van der Waals surface area contributed by atoms with E-state index in [1.807, 2.05) is 24.4 Å². The van der Waals surface area contributed by atoms with Gasteiger partial charge in [-0.25, -0.2) is 4.98 Å². The van der Waals surface area contributed by atoms with E-state index in [2.05, 4.69) is 32.1 Å². The Hall–Kier alpha value is -2.58. The van der Waals surface area contributed by atoms with Gasteiger partial charge in [0.15, 0.2) is 6.67 Å². The molecule has 0 saturated carbocycles. The maximum absolute atomic E-state index is 5.63. The molecule has 0 unspecified atom stereocenters. The van der Waals surface area contributed by atoms with E-state index in [9.17, 15) is 0 Å². The first-order valence-electron chi connectivity index (χ1n) is 8.33. The van der Waals surface area contributed by atoms with E-state index in [-0.39, 0.29) is 0 Å². The summed E-state index contributed by atoms with van der Waals surface area (Å²) in [5.74, 6) is 1.69. The summed E-state index contributed by atoms with van der Waals surface area (Å²) < 4.78 is 7.41. The first-order chi connectivity index (χ1) is 12.3. The van der Waals surface area contributed by atoms with Gasteiger partial charge in [0.05, 0.1) is 11.8 Å². The molecule has 0 radical (unpaired) electrons. The summed E-state index contributed by atoms with van der Waals surface area (Å²) in [6.07, 6.45) is 5.42. The standard InChI is InChI=1S/C17H18N6OS/c25-17-23(20-16(24-17)14-4-3-6-18-12-14)13-21-8-10-22(11-9-21)15-5-1-2-7-19-15/h1-7,12H,8-11,13H2/p+2. The molecule has 7 nitrogen and oxygen atoms in total. The zero-order valence-electron chi connectivity index (χ0n) is 13.8. The molecule has 0 aromatic carbocycles. The fourth-order valence-electron chi connectivity index (χ4n) is 3.03. The molecule has 128 valence electrons. The van der Waals surface area contributed by atoms with Gasteiger partial charge in [0.2, 0.25) is 5.89 Å². The van der Waals surface area contributed by atoms with Crippen molar-refractivity contribution in [1.82, 2.24) is 14.8 Å². The van der Waals surface area contributed by atoms with E-state index in [1.54, 1.807) is 17.1 Å². The van der Waals surface area contributed by atoms with Crippen molar-refractivity contribution in [2.45, 2.75) is 6.67 Å². The van der Waals surface area contributed by atoms with Gasteiger partial charge < -0.3 is 9.32 Å². The molecule has 3 aromatic rings. The minimum Gasteiger partial charge on any atom is -0.409 e. The van der Waals surface area contributed by atoms with Crippen LogP contribution in [-0.2, 0) is 6.67 Å². The fraction of sp³-hybridized carbons (Fsp3) is 0.294. The predicted molar refractivity (Wildman–Crippen MR) is 94.5 cm³/mol. The summed E-state index contributed by atoms with van der Waals surface area (Å²) in [7, 11) is 0. The van der Waals surface area contributed by atoms with Gasteiger partial charge in [0.25, 0.3) is 10.7 Å². The van der Waals surface area contributed by atoms with Crippen LogP contribution in [0.3, 0.4) is 0 Å². The number of rotatable bonds is 4. The highest BCUT2D eigenvalue weighted by Gasteiger charge is 2.26. The Bertz CT molecular complexity index is 871.